The van der Waals surface area contributed by atoms with Gasteiger partial charge in [-0.15, -0.1) is 0 Å². The maximum Gasteiger partial charge on any atom is 0.321 e. The lowest BCUT2D eigenvalue weighted by Crippen LogP contribution is -2.44. The van der Waals surface area contributed by atoms with Crippen molar-refractivity contribution in [2.75, 3.05) is 19.8 Å². The molecule has 7 heteroatoms. The Balaban J connectivity index is 1.88. The zero-order chi connectivity index (χ0) is 18.8. The van der Waals surface area contributed by atoms with Gasteiger partial charge in [0.1, 0.15) is 6.04 Å². The number of carbonyl (C=O) groups excluding carboxylic acids is 2. The highest BCUT2D eigenvalue weighted by Crippen LogP contribution is 2.44. The minimum absolute atomic E-state index is 0.164. The topological polar surface area (TPSA) is 95.9 Å². The molecule has 2 aliphatic heterocycles. The highest BCUT2D eigenvalue weighted by molar-refractivity contribution is 6.08. The number of benzene rings is 1. The number of aliphatic carboxylic acids is 1. The van der Waals surface area contributed by atoms with Crippen LogP contribution in [0.3, 0.4) is 0 Å². The smallest absolute Gasteiger partial charge is 0.321 e. The number of nitrogens with one attached hydrogen (secondary N) is 1. The van der Waals surface area contributed by atoms with Crippen molar-refractivity contribution in [2.24, 2.45) is 11.8 Å². The Morgan fingerprint density at radius 2 is 1.88 bits per heavy atom. The van der Waals surface area contributed by atoms with Gasteiger partial charge in [0.15, 0.2) is 0 Å². The Hall–Kier alpha value is -2.25. The van der Waals surface area contributed by atoms with E-state index in [1.807, 2.05) is 38.1 Å². The largest absolute Gasteiger partial charge is 0.480 e. The third kappa shape index (κ3) is 3.12. The van der Waals surface area contributed by atoms with Gasteiger partial charge < -0.3 is 9.84 Å². The molecule has 0 aliphatic carbocycles. The van der Waals surface area contributed by atoms with Gasteiger partial charge >= 0.3 is 5.97 Å². The first-order valence-corrected chi connectivity index (χ1v) is 8.94. The molecular formula is C19H24N2O5. The van der Waals surface area contributed by atoms with Gasteiger partial charge in [-0.1, -0.05) is 31.2 Å². The van der Waals surface area contributed by atoms with E-state index in [1.54, 1.807) is 0 Å². The first-order valence-electron chi connectivity index (χ1n) is 8.94. The molecule has 26 heavy (non-hydrogen) atoms. The van der Waals surface area contributed by atoms with Crippen LogP contribution in [-0.4, -0.2) is 53.6 Å². The number of hydrogen-bond acceptors (Lipinski definition) is 5. The van der Waals surface area contributed by atoms with E-state index in [4.69, 9.17) is 4.74 Å². The molecule has 0 saturated carbocycles. The lowest BCUT2D eigenvalue weighted by Gasteiger charge is -2.22. The predicted molar refractivity (Wildman–Crippen MR) is 93.3 cm³/mol. The summed E-state index contributed by atoms with van der Waals surface area (Å²) in [7, 11) is 0. The summed E-state index contributed by atoms with van der Waals surface area (Å²) in [4.78, 5) is 38.6. The lowest BCUT2D eigenvalue weighted by atomic mass is 9.85. The first-order chi connectivity index (χ1) is 12.5. The summed E-state index contributed by atoms with van der Waals surface area (Å²) < 4.78 is 5.39. The number of likely N-dealkylation sites (tertiary alicyclic amines) is 1. The molecule has 2 heterocycles. The number of fused-ring (bicyclic) bond motifs is 1. The minimum atomic E-state index is -1.11. The van der Waals surface area contributed by atoms with E-state index in [0.29, 0.717) is 6.61 Å². The molecule has 2 saturated heterocycles. The summed E-state index contributed by atoms with van der Waals surface area (Å²) in [6, 6.07) is 5.98. The molecule has 2 fully saturated rings. The van der Waals surface area contributed by atoms with Gasteiger partial charge in [0.2, 0.25) is 11.8 Å². The third-order valence-corrected chi connectivity index (χ3v) is 5.16. The van der Waals surface area contributed by atoms with Crippen molar-refractivity contribution in [1.29, 1.82) is 0 Å². The Morgan fingerprint density at radius 1 is 1.19 bits per heavy atom. The second-order valence-corrected chi connectivity index (χ2v) is 6.81. The second-order valence-electron chi connectivity index (χ2n) is 6.81. The summed E-state index contributed by atoms with van der Waals surface area (Å²) in [5, 5.41) is 12.6. The number of hydrogen-bond donors (Lipinski definition) is 2. The zero-order valence-corrected chi connectivity index (χ0v) is 15.0. The molecule has 4 atom stereocenters. The van der Waals surface area contributed by atoms with Crippen LogP contribution in [0.2, 0.25) is 0 Å². The Bertz CT molecular complexity index is 720. The molecule has 140 valence electrons. The number of carboxylic acid groups (broad SMARTS) is 1. The second kappa shape index (κ2) is 7.55. The van der Waals surface area contributed by atoms with Gasteiger partial charge in [-0.2, -0.15) is 0 Å². The van der Waals surface area contributed by atoms with Crippen LogP contribution in [0.25, 0.3) is 0 Å². The van der Waals surface area contributed by atoms with Crippen LogP contribution in [0.1, 0.15) is 30.5 Å². The van der Waals surface area contributed by atoms with Crippen LogP contribution in [0.4, 0.5) is 0 Å². The van der Waals surface area contributed by atoms with E-state index in [2.05, 4.69) is 5.32 Å². The minimum Gasteiger partial charge on any atom is -0.480 e. The molecule has 2 amide bonds. The number of rotatable bonds is 7. The van der Waals surface area contributed by atoms with Crippen LogP contribution in [0, 0.1) is 18.8 Å². The van der Waals surface area contributed by atoms with Crippen molar-refractivity contribution >= 4 is 17.8 Å². The van der Waals surface area contributed by atoms with Gasteiger partial charge in [0.25, 0.3) is 0 Å². The van der Waals surface area contributed by atoms with Crippen molar-refractivity contribution in [2.45, 2.75) is 32.4 Å². The molecule has 2 N–H and O–H groups in total. The van der Waals surface area contributed by atoms with E-state index < -0.39 is 35.8 Å². The van der Waals surface area contributed by atoms with E-state index in [1.165, 1.54) is 4.90 Å². The molecule has 4 unspecified atom stereocenters. The van der Waals surface area contributed by atoms with Crippen LogP contribution in [-0.2, 0) is 19.1 Å². The Kier molecular flexibility index (Phi) is 5.38. The fourth-order valence-corrected chi connectivity index (χ4v) is 3.94. The van der Waals surface area contributed by atoms with Gasteiger partial charge in [0.05, 0.1) is 25.0 Å². The van der Waals surface area contributed by atoms with E-state index >= 15 is 0 Å². The third-order valence-electron chi connectivity index (χ3n) is 5.16. The number of amides is 2. The fourth-order valence-electron chi connectivity index (χ4n) is 3.94. The Labute approximate surface area is 152 Å². The van der Waals surface area contributed by atoms with Crippen molar-refractivity contribution in [3.05, 3.63) is 35.4 Å². The molecule has 0 bridgehead atoms. The Morgan fingerprint density at radius 3 is 2.54 bits per heavy atom. The summed E-state index contributed by atoms with van der Waals surface area (Å²) in [6.45, 7) is 4.89. The van der Waals surface area contributed by atoms with Crippen LogP contribution in [0.15, 0.2) is 24.3 Å². The quantitative estimate of drug-likeness (QED) is 0.559. The molecule has 1 aromatic rings. The summed E-state index contributed by atoms with van der Waals surface area (Å²) >= 11 is 0. The standard InChI is InChI=1S/C19H24N2O5/c1-3-9-26-10-8-21-17(22)13-14(18(21)23)16(19(24)25)20-15(13)12-7-5-4-6-11(12)2/h4-7,13-16,20H,3,8-10H2,1-2H3,(H,24,25). The fraction of sp³-hybridized carbons (Fsp3) is 0.526. The van der Waals surface area contributed by atoms with Crippen molar-refractivity contribution in [3.63, 3.8) is 0 Å². The highest BCUT2D eigenvalue weighted by atomic mass is 16.5. The molecule has 0 aromatic heterocycles. The van der Waals surface area contributed by atoms with Gasteiger partial charge in [-0.3, -0.25) is 24.6 Å². The number of nitrogens with zero attached hydrogens (tertiary/aromatic N) is 1. The number of carboxylic acids is 1. The highest BCUT2D eigenvalue weighted by Gasteiger charge is 2.60. The van der Waals surface area contributed by atoms with Gasteiger partial charge in [0, 0.05) is 12.6 Å². The molecular weight excluding hydrogens is 336 g/mol. The monoisotopic (exact) mass is 360 g/mol. The van der Waals surface area contributed by atoms with Gasteiger partial charge in [-0.05, 0) is 24.5 Å². The van der Waals surface area contributed by atoms with Crippen molar-refractivity contribution in [3.8, 4) is 0 Å². The number of aryl methyl sites for hydroxylation is 1. The summed E-state index contributed by atoms with van der Waals surface area (Å²) in [5.74, 6) is -3.42. The summed E-state index contributed by atoms with van der Waals surface area (Å²) in [5.41, 5.74) is 1.82. The molecule has 7 nitrogen and oxygen atoms in total. The molecule has 1 aromatic carbocycles. The normalized spacial score (nSPS) is 27.8. The van der Waals surface area contributed by atoms with Crippen molar-refractivity contribution in [1.82, 2.24) is 10.2 Å². The number of imide groups is 1. The molecule has 2 aliphatic rings. The van der Waals surface area contributed by atoms with Gasteiger partial charge in [-0.25, -0.2) is 0 Å². The average Bonchev–Trinajstić information content (AvgIpc) is 3.11. The molecule has 0 radical (unpaired) electrons. The maximum absolute atomic E-state index is 12.9. The average molecular weight is 360 g/mol. The molecule has 0 spiro atoms. The number of ether oxygens (including phenoxy) is 1. The number of carbonyl (C=O) groups is 3. The van der Waals surface area contributed by atoms with E-state index in [9.17, 15) is 19.5 Å². The molecule has 3 rings (SSSR count). The predicted octanol–water partition coefficient (Wildman–Crippen LogP) is 1.12. The first kappa shape index (κ1) is 18.5. The van der Waals surface area contributed by atoms with Crippen LogP contribution in [0.5, 0.6) is 0 Å². The van der Waals surface area contributed by atoms with Crippen LogP contribution >= 0.6 is 0 Å². The summed E-state index contributed by atoms with van der Waals surface area (Å²) in [6.07, 6.45) is 0.855. The lowest BCUT2D eigenvalue weighted by molar-refractivity contribution is -0.146. The van der Waals surface area contributed by atoms with Crippen molar-refractivity contribution < 1.29 is 24.2 Å². The van der Waals surface area contributed by atoms with Crippen LogP contribution < -0.4 is 5.32 Å². The van der Waals surface area contributed by atoms with E-state index in [-0.39, 0.29) is 19.1 Å². The van der Waals surface area contributed by atoms with E-state index in [0.717, 1.165) is 17.5 Å². The SMILES string of the molecule is CCCOCCN1C(=O)C2C(C(=O)O)NC(c3ccccc3C)C2C1=O. The zero-order valence-electron chi connectivity index (χ0n) is 15.0. The maximum atomic E-state index is 12.9.